The van der Waals surface area contributed by atoms with Gasteiger partial charge in [0.05, 0.1) is 29.2 Å². The zero-order chi connectivity index (χ0) is 36.2. The normalized spacial score (nSPS) is 16.4. The summed E-state index contributed by atoms with van der Waals surface area (Å²) >= 11 is 5.86. The molecule has 5 heterocycles. The molecule has 3 N–H and O–H groups in total. The molecule has 0 spiro atoms. The molecule has 270 valence electrons. The fraction of sp³-hybridized carbons (Fsp3) is 0.350. The Morgan fingerprint density at radius 2 is 1.87 bits per heavy atom. The molecule has 3 aromatic heterocycles. The van der Waals surface area contributed by atoms with Crippen molar-refractivity contribution >= 4 is 45.1 Å². The van der Waals surface area contributed by atoms with Crippen LogP contribution in [-0.4, -0.2) is 61.8 Å². The number of nitrogens with zero attached hydrogens (tertiary/aromatic N) is 4. The van der Waals surface area contributed by atoms with E-state index in [0.717, 1.165) is 89.4 Å². The van der Waals surface area contributed by atoms with Gasteiger partial charge in [0.1, 0.15) is 18.2 Å². The second-order valence-corrected chi connectivity index (χ2v) is 14.0. The van der Waals surface area contributed by atoms with Crippen LogP contribution >= 0.6 is 11.6 Å². The molecule has 0 bridgehead atoms. The molecule has 12 heteroatoms. The van der Waals surface area contributed by atoms with E-state index in [2.05, 4.69) is 39.2 Å². The van der Waals surface area contributed by atoms with Crippen molar-refractivity contribution in [2.75, 3.05) is 25.0 Å². The van der Waals surface area contributed by atoms with E-state index in [-0.39, 0.29) is 12.5 Å². The molecule has 0 radical (unpaired) electrons. The van der Waals surface area contributed by atoms with Gasteiger partial charge in [-0.1, -0.05) is 30.7 Å². The number of aromatic nitrogens is 5. The van der Waals surface area contributed by atoms with Crippen LogP contribution in [0.3, 0.4) is 0 Å². The number of carbonyl (C=O) groups is 1. The minimum Gasteiger partial charge on any atom is -0.473 e. The number of aromatic amines is 2. The number of hydrogen-bond donors (Lipinski definition) is 3. The Hall–Kier alpha value is -4.84. The highest BCUT2D eigenvalue weighted by Crippen LogP contribution is 2.30. The maximum Gasteiger partial charge on any atom is 0.255 e. The lowest BCUT2D eigenvalue weighted by molar-refractivity contribution is -0.0375. The van der Waals surface area contributed by atoms with Crippen molar-refractivity contribution in [3.63, 3.8) is 0 Å². The molecular formula is C40H43ClFN7O3. The van der Waals surface area contributed by atoms with Crippen molar-refractivity contribution in [1.29, 1.82) is 0 Å². The Labute approximate surface area is 307 Å². The Bertz CT molecular complexity index is 2190. The Morgan fingerprint density at radius 1 is 1.06 bits per heavy atom. The van der Waals surface area contributed by atoms with Crippen molar-refractivity contribution in [2.24, 2.45) is 0 Å². The predicted molar refractivity (Wildman–Crippen MR) is 202 cm³/mol. The SMILES string of the molecule is CCc1cc(NC(=O)c2ccc3nc(CN4CCC(c5cccc(OCc6ccc(Cl)cc6F)n5)CC4)[nH]c3c2)cc2c(C)[nH]nc12.C[C@@H]1CCO1. The first kappa shape index (κ1) is 35.6. The van der Waals surface area contributed by atoms with Gasteiger partial charge in [-0.25, -0.2) is 14.4 Å². The fourth-order valence-corrected chi connectivity index (χ4v) is 6.78. The van der Waals surface area contributed by atoms with Gasteiger partial charge in [-0.15, -0.1) is 0 Å². The number of pyridine rings is 1. The molecule has 52 heavy (non-hydrogen) atoms. The maximum atomic E-state index is 14.1. The first-order chi connectivity index (χ1) is 25.2. The number of halogens is 2. The van der Waals surface area contributed by atoms with Crippen LogP contribution in [0.25, 0.3) is 21.9 Å². The van der Waals surface area contributed by atoms with Gasteiger partial charge in [-0.3, -0.25) is 14.8 Å². The number of rotatable bonds is 9. The number of nitrogens with one attached hydrogen (secondary N) is 3. The number of fused-ring (bicyclic) bond motifs is 2. The highest BCUT2D eigenvalue weighted by Gasteiger charge is 2.23. The number of imidazole rings is 1. The second kappa shape index (κ2) is 15.8. The van der Waals surface area contributed by atoms with E-state index in [9.17, 15) is 9.18 Å². The Kier molecular flexibility index (Phi) is 10.8. The van der Waals surface area contributed by atoms with Crippen LogP contribution in [0, 0.1) is 12.7 Å². The molecule has 10 nitrogen and oxygen atoms in total. The molecule has 6 aromatic rings. The number of H-pyrrole nitrogens is 2. The lowest BCUT2D eigenvalue weighted by Gasteiger charge is -2.31. The molecule has 0 unspecified atom stereocenters. The standard InChI is InChI=1S/C36H35ClFN7O2.C4H8O/c1-3-22-15-27(18-28-21(2)43-44-35(22)28)39-36(46)24-8-10-31-32(16-24)41-33(40-31)19-45-13-11-23(12-14-45)30-5-4-6-34(42-30)47-20-25-7-9-26(37)17-29(25)38;1-4-2-3-5-4/h4-10,15-18,23H,3,11-14,19-20H2,1-2H3,(H,39,46)(H,40,41)(H,43,44);4H,2-3H2,1H3/t;4-/m.1/s1. The van der Waals surface area contributed by atoms with E-state index >= 15 is 0 Å². The van der Waals surface area contributed by atoms with Crippen LogP contribution in [0.1, 0.15) is 77.7 Å². The van der Waals surface area contributed by atoms with Crippen LogP contribution in [0.2, 0.25) is 5.02 Å². The van der Waals surface area contributed by atoms with Crippen LogP contribution < -0.4 is 10.1 Å². The summed E-state index contributed by atoms with van der Waals surface area (Å²) in [7, 11) is 0. The molecule has 2 fully saturated rings. The van der Waals surface area contributed by atoms with Gasteiger partial charge in [-0.2, -0.15) is 5.10 Å². The topological polar surface area (TPSA) is 121 Å². The number of benzene rings is 3. The third-order valence-electron chi connectivity index (χ3n) is 9.80. The van der Waals surface area contributed by atoms with Crippen LogP contribution in [0.5, 0.6) is 5.88 Å². The second-order valence-electron chi connectivity index (χ2n) is 13.5. The van der Waals surface area contributed by atoms with Gasteiger partial charge in [0.2, 0.25) is 5.88 Å². The van der Waals surface area contributed by atoms with E-state index in [0.29, 0.717) is 40.6 Å². The molecule has 1 atom stereocenters. The minimum absolute atomic E-state index is 0.0867. The van der Waals surface area contributed by atoms with E-state index in [1.54, 1.807) is 18.2 Å². The smallest absolute Gasteiger partial charge is 0.255 e. The summed E-state index contributed by atoms with van der Waals surface area (Å²) in [6, 6.07) is 19.8. The molecule has 3 aromatic carbocycles. The zero-order valence-electron chi connectivity index (χ0n) is 29.6. The van der Waals surface area contributed by atoms with Gasteiger partial charge in [0, 0.05) is 57.2 Å². The highest BCUT2D eigenvalue weighted by atomic mass is 35.5. The number of piperidine rings is 1. The monoisotopic (exact) mass is 723 g/mol. The summed E-state index contributed by atoms with van der Waals surface area (Å²) in [6.07, 6.45) is 4.56. The molecule has 0 saturated carbocycles. The summed E-state index contributed by atoms with van der Waals surface area (Å²) in [6.45, 7) is 9.72. The third kappa shape index (κ3) is 8.28. The number of aryl methyl sites for hydroxylation is 2. The first-order valence-electron chi connectivity index (χ1n) is 17.9. The van der Waals surface area contributed by atoms with Crippen molar-refractivity contribution in [2.45, 2.75) is 71.6 Å². The van der Waals surface area contributed by atoms with Gasteiger partial charge in [0.15, 0.2) is 0 Å². The molecule has 2 saturated heterocycles. The van der Waals surface area contributed by atoms with Gasteiger partial charge < -0.3 is 19.8 Å². The van der Waals surface area contributed by atoms with Crippen molar-refractivity contribution in [1.82, 2.24) is 30.0 Å². The Morgan fingerprint density at radius 3 is 2.60 bits per heavy atom. The Balaban J connectivity index is 0.000000776. The average Bonchev–Trinajstić information content (AvgIpc) is 3.72. The predicted octanol–water partition coefficient (Wildman–Crippen LogP) is 8.50. The van der Waals surface area contributed by atoms with Crippen LogP contribution in [0.15, 0.2) is 66.7 Å². The van der Waals surface area contributed by atoms with Crippen molar-refractivity contribution in [3.8, 4) is 5.88 Å². The molecule has 1 amide bonds. The summed E-state index contributed by atoms with van der Waals surface area (Å²) < 4.78 is 24.9. The molecular weight excluding hydrogens is 681 g/mol. The molecule has 0 aliphatic carbocycles. The summed E-state index contributed by atoms with van der Waals surface area (Å²) in [5.74, 6) is 1.09. The average molecular weight is 724 g/mol. The van der Waals surface area contributed by atoms with Crippen molar-refractivity contribution in [3.05, 3.63) is 111 Å². The number of likely N-dealkylation sites (tertiary alicyclic amines) is 1. The third-order valence-corrected chi connectivity index (χ3v) is 10.0. The van der Waals surface area contributed by atoms with E-state index < -0.39 is 5.82 Å². The molecule has 8 rings (SSSR count). The van der Waals surface area contributed by atoms with Gasteiger partial charge in [-0.05, 0) is 107 Å². The molecule has 2 aliphatic rings. The van der Waals surface area contributed by atoms with E-state index in [1.807, 2.05) is 49.4 Å². The number of carbonyl (C=O) groups excluding carboxylic acids is 1. The maximum absolute atomic E-state index is 14.1. The number of anilines is 1. The van der Waals surface area contributed by atoms with Crippen LogP contribution in [0.4, 0.5) is 10.1 Å². The quantitative estimate of drug-likeness (QED) is 0.137. The number of ether oxygens (including phenoxy) is 2. The fourth-order valence-electron chi connectivity index (χ4n) is 6.62. The number of amides is 1. The molecule has 2 aliphatic heterocycles. The van der Waals surface area contributed by atoms with E-state index in [1.165, 1.54) is 12.5 Å². The summed E-state index contributed by atoms with van der Waals surface area (Å²) in [5, 5.41) is 11.9. The highest BCUT2D eigenvalue weighted by molar-refractivity contribution is 6.30. The minimum atomic E-state index is -0.392. The zero-order valence-corrected chi connectivity index (χ0v) is 30.4. The van der Waals surface area contributed by atoms with Gasteiger partial charge >= 0.3 is 0 Å². The largest absolute Gasteiger partial charge is 0.473 e. The summed E-state index contributed by atoms with van der Waals surface area (Å²) in [5.41, 5.74) is 7.39. The first-order valence-corrected chi connectivity index (χ1v) is 18.3. The van der Waals surface area contributed by atoms with Gasteiger partial charge in [0.25, 0.3) is 5.91 Å². The van der Waals surface area contributed by atoms with Crippen molar-refractivity contribution < 1.29 is 18.7 Å². The lowest BCUT2D eigenvalue weighted by Crippen LogP contribution is -2.33. The lowest BCUT2D eigenvalue weighted by atomic mass is 9.93. The number of hydrogen-bond acceptors (Lipinski definition) is 7. The van der Waals surface area contributed by atoms with Crippen LogP contribution in [-0.2, 0) is 24.3 Å². The summed E-state index contributed by atoms with van der Waals surface area (Å²) in [4.78, 5) is 28.5. The van der Waals surface area contributed by atoms with E-state index in [4.69, 9.17) is 31.0 Å².